The number of aliphatic carboxylic acids is 1. The molecule has 206 valence electrons. The van der Waals surface area contributed by atoms with Crippen molar-refractivity contribution in [3.05, 3.63) is 59.7 Å². The van der Waals surface area contributed by atoms with Crippen LogP contribution >= 0.6 is 0 Å². The second kappa shape index (κ2) is 10.9. The molecule has 0 bridgehead atoms. The fourth-order valence-electron chi connectivity index (χ4n) is 6.70. The normalized spacial score (nSPS) is 27.0. The van der Waals surface area contributed by atoms with Crippen LogP contribution in [-0.2, 0) is 14.4 Å². The van der Waals surface area contributed by atoms with Gasteiger partial charge in [-0.25, -0.2) is 4.90 Å². The first-order valence-electron chi connectivity index (χ1n) is 14.0. The maximum absolute atomic E-state index is 14.0. The number of hydrogen-bond donors (Lipinski definition) is 2. The first-order valence-corrected chi connectivity index (χ1v) is 14.0. The number of benzene rings is 2. The SMILES string of the molecule is CCCOc1ccc(C2NC(CC3CCCCC3)(C(=O)O)C3C(=O)N(c4ccc(C(C)=O)cc4)C(=O)C23)cc1. The average molecular weight is 533 g/mol. The van der Waals surface area contributed by atoms with E-state index < -0.39 is 41.2 Å². The molecule has 2 aromatic carbocycles. The molecule has 2 aromatic rings. The van der Waals surface area contributed by atoms with Crippen molar-refractivity contribution < 1.29 is 29.0 Å². The third kappa shape index (κ3) is 4.86. The van der Waals surface area contributed by atoms with E-state index in [2.05, 4.69) is 5.32 Å². The van der Waals surface area contributed by atoms with Crippen LogP contribution in [0.5, 0.6) is 5.75 Å². The zero-order valence-corrected chi connectivity index (χ0v) is 22.5. The second-order valence-corrected chi connectivity index (χ2v) is 11.1. The Kier molecular flexibility index (Phi) is 7.58. The van der Waals surface area contributed by atoms with Gasteiger partial charge in [0, 0.05) is 11.6 Å². The Bertz CT molecular complexity index is 1250. The summed E-state index contributed by atoms with van der Waals surface area (Å²) >= 11 is 0. The Morgan fingerprint density at radius 1 is 1.00 bits per heavy atom. The minimum absolute atomic E-state index is 0.120. The minimum Gasteiger partial charge on any atom is -0.494 e. The Labute approximate surface area is 228 Å². The van der Waals surface area contributed by atoms with Gasteiger partial charge < -0.3 is 9.84 Å². The summed E-state index contributed by atoms with van der Waals surface area (Å²) in [4.78, 5) is 54.0. The maximum Gasteiger partial charge on any atom is 0.324 e. The summed E-state index contributed by atoms with van der Waals surface area (Å²) in [6.07, 6.45) is 6.22. The predicted molar refractivity (Wildman–Crippen MR) is 146 cm³/mol. The van der Waals surface area contributed by atoms with Crippen LogP contribution in [0, 0.1) is 17.8 Å². The number of hydrogen-bond acceptors (Lipinski definition) is 6. The van der Waals surface area contributed by atoms with Crippen LogP contribution in [0.3, 0.4) is 0 Å². The zero-order chi connectivity index (χ0) is 27.7. The summed E-state index contributed by atoms with van der Waals surface area (Å²) in [7, 11) is 0. The van der Waals surface area contributed by atoms with Crippen LogP contribution in [0.15, 0.2) is 48.5 Å². The number of rotatable bonds is 9. The van der Waals surface area contributed by atoms with Crippen LogP contribution in [0.1, 0.15) is 80.8 Å². The van der Waals surface area contributed by atoms with Crippen molar-refractivity contribution >= 4 is 29.3 Å². The van der Waals surface area contributed by atoms with Gasteiger partial charge in [0.25, 0.3) is 0 Å². The van der Waals surface area contributed by atoms with E-state index in [4.69, 9.17) is 4.74 Å². The summed E-state index contributed by atoms with van der Waals surface area (Å²) in [5, 5.41) is 14.0. The number of Topliss-reactive ketones (excluding diaryl/α,β-unsaturated/α-hetero) is 1. The lowest BCUT2D eigenvalue weighted by Crippen LogP contribution is -2.57. The van der Waals surface area contributed by atoms with Gasteiger partial charge in [-0.15, -0.1) is 0 Å². The van der Waals surface area contributed by atoms with Gasteiger partial charge >= 0.3 is 5.97 Å². The molecular weight excluding hydrogens is 496 g/mol. The molecule has 3 fully saturated rings. The summed E-state index contributed by atoms with van der Waals surface area (Å²) in [6.45, 7) is 4.06. The number of nitrogens with zero attached hydrogens (tertiary/aromatic N) is 1. The van der Waals surface area contributed by atoms with E-state index >= 15 is 0 Å². The number of carbonyl (C=O) groups excluding carboxylic acids is 3. The van der Waals surface area contributed by atoms with E-state index in [-0.39, 0.29) is 11.7 Å². The molecule has 1 saturated carbocycles. The fraction of sp³-hybridized carbons (Fsp3) is 0.484. The Balaban J connectivity index is 1.55. The Morgan fingerprint density at radius 3 is 2.26 bits per heavy atom. The van der Waals surface area contributed by atoms with Crippen molar-refractivity contribution in [2.75, 3.05) is 11.5 Å². The van der Waals surface area contributed by atoms with E-state index in [1.165, 1.54) is 6.92 Å². The lowest BCUT2D eigenvalue weighted by Gasteiger charge is -2.35. The van der Waals surface area contributed by atoms with E-state index in [1.807, 2.05) is 31.2 Å². The molecule has 8 heteroatoms. The Hall–Kier alpha value is -3.52. The second-order valence-electron chi connectivity index (χ2n) is 11.1. The first kappa shape index (κ1) is 27.1. The molecule has 3 aliphatic rings. The minimum atomic E-state index is -1.56. The smallest absolute Gasteiger partial charge is 0.324 e. The van der Waals surface area contributed by atoms with Gasteiger partial charge in [0.2, 0.25) is 11.8 Å². The molecule has 2 aliphatic heterocycles. The first-order chi connectivity index (χ1) is 18.8. The molecule has 0 radical (unpaired) electrons. The molecule has 8 nitrogen and oxygen atoms in total. The van der Waals surface area contributed by atoms with Crippen LogP contribution in [-0.4, -0.2) is 40.8 Å². The average Bonchev–Trinajstić information content (AvgIpc) is 3.42. The van der Waals surface area contributed by atoms with Gasteiger partial charge in [0.15, 0.2) is 5.78 Å². The van der Waals surface area contributed by atoms with Gasteiger partial charge in [-0.05, 0) is 67.6 Å². The van der Waals surface area contributed by atoms with Crippen LogP contribution < -0.4 is 15.0 Å². The summed E-state index contributed by atoms with van der Waals surface area (Å²) < 4.78 is 5.71. The number of carboxylic acid groups (broad SMARTS) is 1. The maximum atomic E-state index is 14.0. The molecule has 0 spiro atoms. The number of carbonyl (C=O) groups is 4. The summed E-state index contributed by atoms with van der Waals surface area (Å²) in [5.74, 6) is -3.19. The van der Waals surface area contributed by atoms with Gasteiger partial charge in [-0.2, -0.15) is 0 Å². The number of ether oxygens (including phenoxy) is 1. The molecule has 4 atom stereocenters. The van der Waals surface area contributed by atoms with Gasteiger partial charge in [0.1, 0.15) is 11.3 Å². The Morgan fingerprint density at radius 2 is 1.67 bits per heavy atom. The summed E-state index contributed by atoms with van der Waals surface area (Å²) in [5.41, 5.74) is 0.00864. The molecule has 1 aliphatic carbocycles. The van der Waals surface area contributed by atoms with Crippen LogP contribution in [0.4, 0.5) is 5.69 Å². The zero-order valence-electron chi connectivity index (χ0n) is 22.5. The highest BCUT2D eigenvalue weighted by Gasteiger charge is 2.68. The van der Waals surface area contributed by atoms with Gasteiger partial charge in [-0.1, -0.05) is 51.2 Å². The molecule has 4 unspecified atom stereocenters. The molecule has 39 heavy (non-hydrogen) atoms. The quantitative estimate of drug-likeness (QED) is 0.348. The van der Waals surface area contributed by atoms with Crippen molar-refractivity contribution in [1.82, 2.24) is 5.32 Å². The number of anilines is 1. The molecule has 5 rings (SSSR count). The number of imide groups is 1. The van der Waals surface area contributed by atoms with Gasteiger partial charge in [0.05, 0.1) is 24.1 Å². The third-order valence-electron chi connectivity index (χ3n) is 8.62. The van der Waals surface area contributed by atoms with Crippen molar-refractivity contribution in [2.24, 2.45) is 17.8 Å². The fourth-order valence-corrected chi connectivity index (χ4v) is 6.70. The van der Waals surface area contributed by atoms with E-state index in [0.29, 0.717) is 30.0 Å². The molecule has 2 saturated heterocycles. The van der Waals surface area contributed by atoms with Crippen molar-refractivity contribution in [2.45, 2.75) is 70.4 Å². The highest BCUT2D eigenvalue weighted by Crippen LogP contribution is 2.52. The molecule has 2 N–H and O–H groups in total. The number of nitrogens with one attached hydrogen (secondary N) is 1. The number of fused-ring (bicyclic) bond motifs is 1. The number of amides is 2. The van der Waals surface area contributed by atoms with Crippen molar-refractivity contribution in [3.63, 3.8) is 0 Å². The molecular formula is C31H36N2O6. The number of carboxylic acids is 1. The van der Waals surface area contributed by atoms with E-state index in [0.717, 1.165) is 49.0 Å². The van der Waals surface area contributed by atoms with Crippen molar-refractivity contribution in [1.29, 1.82) is 0 Å². The van der Waals surface area contributed by atoms with Gasteiger partial charge in [-0.3, -0.25) is 24.5 Å². The third-order valence-corrected chi connectivity index (χ3v) is 8.62. The molecule has 0 aromatic heterocycles. The summed E-state index contributed by atoms with van der Waals surface area (Å²) in [6, 6.07) is 13.0. The van der Waals surface area contributed by atoms with Crippen molar-refractivity contribution in [3.8, 4) is 5.75 Å². The standard InChI is InChI=1S/C31H36N2O6/c1-3-17-39-24-15-11-22(12-16-24)27-25-26(31(32-27,30(37)38)18-20-7-5-4-6-8-20)29(36)33(28(25)35)23-13-9-21(10-14-23)19(2)34/h9-16,20,25-27,32H,3-8,17-18H2,1-2H3,(H,37,38). The predicted octanol–water partition coefficient (Wildman–Crippen LogP) is 4.92. The molecule has 2 heterocycles. The van der Waals surface area contributed by atoms with E-state index in [9.17, 15) is 24.3 Å². The lowest BCUT2D eigenvalue weighted by molar-refractivity contribution is -0.150. The van der Waals surface area contributed by atoms with Crippen LogP contribution in [0.25, 0.3) is 0 Å². The topological polar surface area (TPSA) is 113 Å². The van der Waals surface area contributed by atoms with E-state index in [1.54, 1.807) is 24.3 Å². The number of ketones is 1. The largest absolute Gasteiger partial charge is 0.494 e. The highest BCUT2D eigenvalue weighted by atomic mass is 16.5. The highest BCUT2D eigenvalue weighted by molar-refractivity contribution is 6.24. The lowest BCUT2D eigenvalue weighted by atomic mass is 9.72. The van der Waals surface area contributed by atoms with Crippen LogP contribution in [0.2, 0.25) is 0 Å². The molecule has 2 amide bonds. The monoisotopic (exact) mass is 532 g/mol.